The molecule has 45 heavy (non-hydrogen) atoms. The van der Waals surface area contributed by atoms with Crippen LogP contribution in [0.15, 0.2) is 76.6 Å². The summed E-state index contributed by atoms with van der Waals surface area (Å²) in [6, 6.07) is 16.1. The third-order valence-electron chi connectivity index (χ3n) is 7.50. The summed E-state index contributed by atoms with van der Waals surface area (Å²) in [5.74, 6) is -3.10. The number of carbonyl (C=O) groups is 3. The molecular weight excluding hydrogens is 631 g/mol. The zero-order valence-electron chi connectivity index (χ0n) is 23.6. The van der Waals surface area contributed by atoms with Gasteiger partial charge in [0.1, 0.15) is 5.25 Å². The summed E-state index contributed by atoms with van der Waals surface area (Å²) in [4.78, 5) is 56.1. The first-order chi connectivity index (χ1) is 21.4. The summed E-state index contributed by atoms with van der Waals surface area (Å²) in [7, 11) is 1.40. The third kappa shape index (κ3) is 5.82. The van der Waals surface area contributed by atoms with Crippen molar-refractivity contribution in [2.24, 2.45) is 5.92 Å². The quantitative estimate of drug-likeness (QED) is 0.250. The fraction of sp³-hybridized carbons (Fsp3) is 0.226. The van der Waals surface area contributed by atoms with Gasteiger partial charge in [0.15, 0.2) is 18.1 Å². The summed E-state index contributed by atoms with van der Waals surface area (Å²) >= 11 is 1.91. The number of rotatable bonds is 7. The van der Waals surface area contributed by atoms with Crippen LogP contribution >= 0.6 is 23.1 Å². The van der Waals surface area contributed by atoms with Crippen LogP contribution in [0.5, 0.6) is 11.5 Å². The number of benzene rings is 3. The molecule has 2 N–H and O–H groups in total. The molecule has 3 aromatic carbocycles. The van der Waals surface area contributed by atoms with Gasteiger partial charge in [0.2, 0.25) is 11.8 Å². The Bertz CT molecular complexity index is 1870. The molecule has 1 saturated heterocycles. The highest BCUT2D eigenvalue weighted by Gasteiger charge is 2.56. The van der Waals surface area contributed by atoms with E-state index < -0.39 is 46.5 Å². The zero-order valence-corrected chi connectivity index (χ0v) is 25.3. The summed E-state index contributed by atoms with van der Waals surface area (Å²) in [6.07, 6.45) is -4.67. The molecule has 0 saturated carbocycles. The van der Waals surface area contributed by atoms with Crippen molar-refractivity contribution in [3.63, 3.8) is 0 Å². The molecule has 2 aliphatic rings. The summed E-state index contributed by atoms with van der Waals surface area (Å²) in [6.45, 7) is 1.61. The molecule has 2 aliphatic heterocycles. The second-order valence-corrected chi connectivity index (χ2v) is 12.6. The van der Waals surface area contributed by atoms with Gasteiger partial charge in [-0.15, -0.1) is 0 Å². The number of amides is 3. The van der Waals surface area contributed by atoms with E-state index in [4.69, 9.17) is 9.47 Å². The average molecular weight is 656 g/mol. The molecule has 1 aromatic heterocycles. The molecule has 9 nitrogen and oxygen atoms in total. The van der Waals surface area contributed by atoms with Gasteiger partial charge in [-0.05, 0) is 55.0 Å². The molecule has 0 unspecified atom stereocenters. The lowest BCUT2D eigenvalue weighted by Gasteiger charge is -2.30. The molecule has 3 atom stereocenters. The zero-order chi connectivity index (χ0) is 32.0. The number of alkyl halides is 3. The fourth-order valence-corrected chi connectivity index (χ4v) is 7.94. The normalized spacial score (nSPS) is 19.2. The molecule has 0 bridgehead atoms. The van der Waals surface area contributed by atoms with Crippen molar-refractivity contribution >= 4 is 52.2 Å². The molecule has 0 spiro atoms. The highest BCUT2D eigenvalue weighted by molar-refractivity contribution is 8.00. The number of aryl methyl sites for hydroxylation is 1. The van der Waals surface area contributed by atoms with Gasteiger partial charge in [-0.25, -0.2) is 4.90 Å². The van der Waals surface area contributed by atoms with Crippen molar-refractivity contribution in [2.75, 3.05) is 23.9 Å². The van der Waals surface area contributed by atoms with Crippen molar-refractivity contribution in [1.29, 1.82) is 0 Å². The number of hydrogen-bond donors (Lipinski definition) is 2. The minimum atomic E-state index is -4.67. The number of nitrogens with one attached hydrogen (secondary N) is 2. The molecule has 0 radical (unpaired) electrons. The van der Waals surface area contributed by atoms with Crippen molar-refractivity contribution in [1.82, 2.24) is 4.98 Å². The van der Waals surface area contributed by atoms with E-state index in [1.54, 1.807) is 30.3 Å². The van der Waals surface area contributed by atoms with Crippen LogP contribution in [0.25, 0.3) is 0 Å². The number of anilines is 2. The maximum absolute atomic E-state index is 13.9. The van der Waals surface area contributed by atoms with Crippen molar-refractivity contribution < 1.29 is 37.0 Å². The molecule has 3 amide bonds. The van der Waals surface area contributed by atoms with Gasteiger partial charge in [-0.3, -0.25) is 19.2 Å². The van der Waals surface area contributed by atoms with Crippen LogP contribution in [-0.2, 0) is 20.6 Å². The summed E-state index contributed by atoms with van der Waals surface area (Å²) in [5.41, 5.74) is 0.995. The Labute approximate surface area is 262 Å². The van der Waals surface area contributed by atoms with Gasteiger partial charge in [0.05, 0.1) is 29.3 Å². The number of thiazole rings is 1. The first-order valence-electron chi connectivity index (χ1n) is 13.6. The number of carbonyl (C=O) groups excluding carboxylic acids is 3. The number of fused-ring (bicyclic) bond motifs is 2. The number of nitrogens with zero attached hydrogens (tertiary/aromatic N) is 1. The van der Waals surface area contributed by atoms with Crippen molar-refractivity contribution in [3.05, 3.63) is 98.0 Å². The Balaban J connectivity index is 1.30. The standard InChI is InChI=1S/C31H24F3N3O6S2/c1-15-6-9-18(10-7-15)35-22(38)14-43-20-11-8-16(12-21(20)42-2)23-24-26(44-27-25(23)45-30(41)36-27)29(40)37(28(24)39)19-5-3-4-17(13-19)31(32,33)34/h3-13,23-24,26H,14H2,1-2H3,(H,35,38)(H,36,41)/t23-,24-,26+/m0/s1. The number of aromatic amines is 1. The van der Waals surface area contributed by atoms with E-state index in [2.05, 4.69) is 10.3 Å². The van der Waals surface area contributed by atoms with E-state index in [-0.39, 0.29) is 28.7 Å². The summed E-state index contributed by atoms with van der Waals surface area (Å²) < 4.78 is 51.6. The van der Waals surface area contributed by atoms with Crippen LogP contribution in [0, 0.1) is 12.8 Å². The van der Waals surface area contributed by atoms with Gasteiger partial charge in [-0.2, -0.15) is 13.2 Å². The first kappa shape index (κ1) is 30.5. The molecule has 14 heteroatoms. The molecule has 4 aromatic rings. The number of ether oxygens (including phenoxy) is 2. The minimum absolute atomic E-state index is 0.185. The van der Waals surface area contributed by atoms with E-state index >= 15 is 0 Å². The van der Waals surface area contributed by atoms with E-state index in [1.165, 1.54) is 13.2 Å². The van der Waals surface area contributed by atoms with Crippen LogP contribution in [-0.4, -0.2) is 41.7 Å². The van der Waals surface area contributed by atoms with Gasteiger partial charge < -0.3 is 19.8 Å². The number of halogens is 3. The number of methoxy groups -OCH3 is 1. The van der Waals surface area contributed by atoms with E-state index in [9.17, 15) is 32.3 Å². The largest absolute Gasteiger partial charge is 0.493 e. The predicted octanol–water partition coefficient (Wildman–Crippen LogP) is 5.59. The smallest absolute Gasteiger partial charge is 0.416 e. The second kappa shape index (κ2) is 11.7. The number of H-pyrrole nitrogens is 1. The monoisotopic (exact) mass is 655 g/mol. The SMILES string of the molecule is COc1cc([C@@H]2c3sc(=O)[nH]c3S[C@H]3C(=O)N(c4cccc(C(F)(F)F)c4)C(=O)[C@@H]23)ccc1OCC(=O)Nc1ccc(C)cc1. The van der Waals surface area contributed by atoms with Crippen LogP contribution in [0.3, 0.4) is 0 Å². The average Bonchev–Trinajstić information content (AvgIpc) is 3.50. The van der Waals surface area contributed by atoms with Gasteiger partial charge in [-0.1, -0.05) is 52.9 Å². The third-order valence-corrected chi connectivity index (χ3v) is 9.90. The van der Waals surface area contributed by atoms with Crippen LogP contribution in [0.2, 0.25) is 0 Å². The Morgan fingerprint density at radius 2 is 1.76 bits per heavy atom. The summed E-state index contributed by atoms with van der Waals surface area (Å²) in [5, 5.41) is 2.16. The van der Waals surface area contributed by atoms with Crippen LogP contribution in [0.4, 0.5) is 24.5 Å². The number of imide groups is 1. The molecule has 0 aliphatic carbocycles. The Kier molecular flexibility index (Phi) is 7.95. The van der Waals surface area contributed by atoms with Crippen LogP contribution < -0.4 is 24.6 Å². The lowest BCUT2D eigenvalue weighted by atomic mass is 9.83. The Hall–Kier alpha value is -4.56. The highest BCUT2D eigenvalue weighted by Crippen LogP contribution is 2.54. The number of hydrogen-bond acceptors (Lipinski definition) is 8. The van der Waals surface area contributed by atoms with E-state index in [1.807, 2.05) is 19.1 Å². The Morgan fingerprint density at radius 1 is 1.00 bits per heavy atom. The van der Waals surface area contributed by atoms with Crippen molar-refractivity contribution in [2.45, 2.75) is 29.3 Å². The maximum atomic E-state index is 13.9. The van der Waals surface area contributed by atoms with Gasteiger partial charge >= 0.3 is 11.0 Å². The lowest BCUT2D eigenvalue weighted by molar-refractivity contribution is -0.137. The molecule has 3 heterocycles. The fourth-order valence-electron chi connectivity index (χ4n) is 5.43. The lowest BCUT2D eigenvalue weighted by Crippen LogP contribution is -2.32. The van der Waals surface area contributed by atoms with E-state index in [0.717, 1.165) is 51.8 Å². The predicted molar refractivity (Wildman–Crippen MR) is 162 cm³/mol. The van der Waals surface area contributed by atoms with Crippen molar-refractivity contribution in [3.8, 4) is 11.5 Å². The molecule has 6 rings (SSSR count). The molecular formula is C31H24F3N3O6S2. The Morgan fingerprint density at radius 3 is 2.47 bits per heavy atom. The van der Waals surface area contributed by atoms with Gasteiger partial charge in [0, 0.05) is 16.5 Å². The number of thioether (sulfide) groups is 1. The second-order valence-electron chi connectivity index (χ2n) is 10.4. The number of aromatic nitrogens is 1. The maximum Gasteiger partial charge on any atom is 0.416 e. The topological polar surface area (TPSA) is 118 Å². The van der Waals surface area contributed by atoms with Gasteiger partial charge in [0.25, 0.3) is 5.91 Å². The minimum Gasteiger partial charge on any atom is -0.493 e. The van der Waals surface area contributed by atoms with E-state index in [0.29, 0.717) is 21.2 Å². The molecule has 1 fully saturated rings. The molecule has 232 valence electrons. The van der Waals surface area contributed by atoms with Crippen LogP contribution in [0.1, 0.15) is 27.5 Å². The highest BCUT2D eigenvalue weighted by atomic mass is 32.2. The first-order valence-corrected chi connectivity index (χ1v) is 15.3.